The third-order valence-electron chi connectivity index (χ3n) is 4.98. The van der Waals surface area contributed by atoms with Crippen LogP contribution in [0, 0.1) is 11.7 Å². The van der Waals surface area contributed by atoms with E-state index in [9.17, 15) is 13.2 Å². The van der Waals surface area contributed by atoms with Crippen molar-refractivity contribution in [2.75, 3.05) is 11.5 Å². The maximum Gasteiger partial charge on any atom is 0.290 e. The quantitative estimate of drug-likeness (QED) is 0.569. The second kappa shape index (κ2) is 7.03. The lowest BCUT2D eigenvalue weighted by Gasteiger charge is -2.16. The summed E-state index contributed by atoms with van der Waals surface area (Å²) in [6.07, 6.45) is 0. The second-order valence-electron chi connectivity index (χ2n) is 7.10. The highest BCUT2D eigenvalue weighted by molar-refractivity contribution is 7.93. The van der Waals surface area contributed by atoms with Crippen LogP contribution in [0.1, 0.15) is 41.3 Å². The predicted octanol–water partition coefficient (Wildman–Crippen LogP) is 2.72. The number of sulfonamides is 1. The van der Waals surface area contributed by atoms with Gasteiger partial charge in [-0.15, -0.1) is 9.21 Å². The number of ether oxygens (including phenoxy) is 1. The average Bonchev–Trinajstić information content (AvgIpc) is 3.16. The summed E-state index contributed by atoms with van der Waals surface area (Å²) in [5, 5.41) is 7.81. The number of nitrogens with zero attached hydrogens (tertiary/aromatic N) is 5. The summed E-state index contributed by atoms with van der Waals surface area (Å²) in [5.74, 6) is -0.441. The first kappa shape index (κ1) is 20.2. The van der Waals surface area contributed by atoms with E-state index in [1.165, 1.54) is 17.9 Å². The average molecular weight is 446 g/mol. The van der Waals surface area contributed by atoms with Crippen LogP contribution < -0.4 is 9.15 Å². The Hall–Kier alpha value is -3.05. The molecule has 1 aromatic heterocycles. The second-order valence-corrected chi connectivity index (χ2v) is 9.20. The fourth-order valence-corrected chi connectivity index (χ4v) is 5.51. The number of aromatic nitrogens is 4. The molecule has 3 aromatic rings. The zero-order valence-electron chi connectivity index (χ0n) is 16.7. The van der Waals surface area contributed by atoms with E-state index in [-0.39, 0.29) is 21.1 Å². The van der Waals surface area contributed by atoms with E-state index >= 15 is 0 Å². The monoisotopic (exact) mass is 445 g/mol. The standard InChI is InChI=1S/C19H19N5O4S2/c1-11(2)16-12(3)14(28-4)10-15-17(16)18(25)24(30(15,26)27)23-19(29)22(20-21-23)13-8-6-5-7-9-13/h5-11H,1-4H3. The summed E-state index contributed by atoms with van der Waals surface area (Å²) in [5.41, 5.74) is 2.03. The van der Waals surface area contributed by atoms with Crippen LogP contribution in [0.25, 0.3) is 5.69 Å². The van der Waals surface area contributed by atoms with Gasteiger partial charge >= 0.3 is 0 Å². The molecule has 0 aliphatic carbocycles. The van der Waals surface area contributed by atoms with Crippen LogP contribution in [0.3, 0.4) is 0 Å². The zero-order valence-corrected chi connectivity index (χ0v) is 18.4. The van der Waals surface area contributed by atoms with Gasteiger partial charge in [0.15, 0.2) is 0 Å². The number of benzene rings is 2. The number of carbonyl (C=O) groups is 1. The van der Waals surface area contributed by atoms with Crippen molar-refractivity contribution in [2.24, 2.45) is 0 Å². The minimum Gasteiger partial charge on any atom is -0.496 e. The van der Waals surface area contributed by atoms with Gasteiger partial charge in [0, 0.05) is 6.07 Å². The van der Waals surface area contributed by atoms with Gasteiger partial charge in [0.1, 0.15) is 10.6 Å². The third-order valence-corrected chi connectivity index (χ3v) is 6.97. The molecule has 0 radical (unpaired) electrons. The number of fused-ring (bicyclic) bond motifs is 1. The van der Waals surface area contributed by atoms with E-state index in [4.69, 9.17) is 17.0 Å². The molecule has 30 heavy (non-hydrogen) atoms. The lowest BCUT2D eigenvalue weighted by atomic mass is 9.91. The van der Waals surface area contributed by atoms with Crippen molar-refractivity contribution in [1.29, 1.82) is 0 Å². The number of para-hydroxylation sites is 1. The number of amides is 1. The summed E-state index contributed by atoms with van der Waals surface area (Å²) in [6, 6.07) is 10.3. The van der Waals surface area contributed by atoms with Crippen molar-refractivity contribution in [1.82, 2.24) is 19.9 Å². The molecule has 0 fully saturated rings. The predicted molar refractivity (Wildman–Crippen MR) is 112 cm³/mol. The van der Waals surface area contributed by atoms with Gasteiger partial charge in [0.05, 0.1) is 18.4 Å². The molecule has 0 N–H and O–H groups in total. The van der Waals surface area contributed by atoms with Gasteiger partial charge in [0.25, 0.3) is 15.9 Å². The number of hydrogen-bond acceptors (Lipinski definition) is 7. The molecule has 2 heterocycles. The highest BCUT2D eigenvalue weighted by Gasteiger charge is 2.47. The highest BCUT2D eigenvalue weighted by Crippen LogP contribution is 2.40. The van der Waals surface area contributed by atoms with Crippen molar-refractivity contribution in [3.05, 3.63) is 57.9 Å². The number of tetrazole rings is 1. The summed E-state index contributed by atoms with van der Waals surface area (Å²) < 4.78 is 33.9. The van der Waals surface area contributed by atoms with Crippen LogP contribution in [0.5, 0.6) is 5.75 Å². The van der Waals surface area contributed by atoms with Gasteiger partial charge in [-0.3, -0.25) is 4.79 Å². The van der Waals surface area contributed by atoms with Crippen molar-refractivity contribution in [3.63, 3.8) is 0 Å². The van der Waals surface area contributed by atoms with Crippen LogP contribution in [-0.2, 0) is 10.0 Å². The molecule has 0 unspecified atom stereocenters. The van der Waals surface area contributed by atoms with Gasteiger partial charge in [0.2, 0.25) is 4.77 Å². The Balaban J connectivity index is 1.95. The molecule has 1 aliphatic heterocycles. The molecular weight excluding hydrogens is 426 g/mol. The van der Waals surface area contributed by atoms with E-state index in [0.29, 0.717) is 27.0 Å². The first-order valence-corrected chi connectivity index (χ1v) is 11.0. The molecule has 11 heteroatoms. The largest absolute Gasteiger partial charge is 0.496 e. The number of hydrogen-bond donors (Lipinski definition) is 0. The van der Waals surface area contributed by atoms with Gasteiger partial charge in [-0.25, -0.2) is 0 Å². The summed E-state index contributed by atoms with van der Waals surface area (Å²) in [7, 11) is -2.80. The Labute approximate surface area is 178 Å². The molecule has 0 bridgehead atoms. The maximum atomic E-state index is 13.4. The van der Waals surface area contributed by atoms with E-state index in [1.54, 1.807) is 31.2 Å². The number of rotatable bonds is 4. The molecule has 0 saturated heterocycles. The van der Waals surface area contributed by atoms with Crippen molar-refractivity contribution < 1.29 is 17.9 Å². The molecule has 1 amide bonds. The van der Waals surface area contributed by atoms with Gasteiger partial charge in [-0.05, 0) is 58.7 Å². The van der Waals surface area contributed by atoms with E-state index in [0.717, 1.165) is 4.79 Å². The fourth-order valence-electron chi connectivity index (χ4n) is 3.68. The molecule has 156 valence electrons. The lowest BCUT2D eigenvalue weighted by molar-refractivity contribution is 0.0982. The van der Waals surface area contributed by atoms with Gasteiger partial charge < -0.3 is 4.74 Å². The van der Waals surface area contributed by atoms with Crippen molar-refractivity contribution in [3.8, 4) is 11.4 Å². The summed E-state index contributed by atoms with van der Waals surface area (Å²) in [4.78, 5) is 14.1. The highest BCUT2D eigenvalue weighted by atomic mass is 32.2. The molecule has 2 aromatic carbocycles. The van der Waals surface area contributed by atoms with Crippen LogP contribution in [0.15, 0.2) is 41.3 Å². The Morgan fingerprint density at radius 2 is 1.80 bits per heavy atom. The fraction of sp³-hybridized carbons (Fsp3) is 0.263. The first-order valence-electron chi connectivity index (χ1n) is 9.12. The van der Waals surface area contributed by atoms with E-state index < -0.39 is 15.9 Å². The first-order chi connectivity index (χ1) is 14.2. The smallest absolute Gasteiger partial charge is 0.290 e. The Kier molecular flexibility index (Phi) is 4.74. The SMILES string of the molecule is COc1cc2c(c(C(C)C)c1C)C(=O)N(n1nnn(-c3ccccc3)c1=S)S2(=O)=O. The Bertz CT molecular complexity index is 1330. The number of carbonyl (C=O) groups excluding carboxylic acids is 1. The summed E-state index contributed by atoms with van der Waals surface area (Å²) >= 11 is 5.39. The minimum atomic E-state index is -4.26. The molecule has 0 atom stereocenters. The molecule has 0 saturated carbocycles. The van der Waals surface area contributed by atoms with Crippen LogP contribution in [0.2, 0.25) is 0 Å². The van der Waals surface area contributed by atoms with Crippen LogP contribution in [-0.4, -0.2) is 41.3 Å². The normalized spacial score (nSPS) is 15.0. The lowest BCUT2D eigenvalue weighted by Crippen LogP contribution is -2.41. The molecule has 1 aliphatic rings. The maximum absolute atomic E-state index is 13.4. The molecule has 0 spiro atoms. The van der Waals surface area contributed by atoms with Crippen LogP contribution >= 0.6 is 12.2 Å². The van der Waals surface area contributed by atoms with Gasteiger partial charge in [-0.1, -0.05) is 32.0 Å². The Morgan fingerprint density at radius 1 is 1.13 bits per heavy atom. The molecule has 9 nitrogen and oxygen atoms in total. The van der Waals surface area contributed by atoms with Crippen LogP contribution in [0.4, 0.5) is 0 Å². The van der Waals surface area contributed by atoms with E-state index in [2.05, 4.69) is 10.4 Å². The minimum absolute atomic E-state index is 0.0549. The van der Waals surface area contributed by atoms with Gasteiger partial charge in [-0.2, -0.15) is 13.1 Å². The van der Waals surface area contributed by atoms with E-state index in [1.807, 2.05) is 19.9 Å². The summed E-state index contributed by atoms with van der Waals surface area (Å²) in [6.45, 7) is 5.58. The molecular formula is C19H19N5O4S2. The number of methoxy groups -OCH3 is 1. The topological polar surface area (TPSA) is 99.3 Å². The van der Waals surface area contributed by atoms with Crippen molar-refractivity contribution >= 4 is 28.1 Å². The zero-order chi connectivity index (χ0) is 21.8. The third kappa shape index (κ3) is 2.76. The molecule has 4 rings (SSSR count). The Morgan fingerprint density at radius 3 is 2.40 bits per heavy atom. The van der Waals surface area contributed by atoms with Crippen molar-refractivity contribution in [2.45, 2.75) is 31.6 Å².